The van der Waals surface area contributed by atoms with E-state index in [9.17, 15) is 0 Å². The average molecular weight is 544 g/mol. The third-order valence-corrected chi connectivity index (χ3v) is 6.57. The van der Waals surface area contributed by atoms with Gasteiger partial charge >= 0.3 is 0 Å². The van der Waals surface area contributed by atoms with Crippen LogP contribution in [0.5, 0.6) is 11.5 Å². The number of benzene rings is 3. The van der Waals surface area contributed by atoms with Gasteiger partial charge in [-0.3, -0.25) is 0 Å². The molecule has 0 spiro atoms. The van der Waals surface area contributed by atoms with E-state index in [1.807, 2.05) is 72.8 Å². The van der Waals surface area contributed by atoms with Crippen LogP contribution >= 0.6 is 11.6 Å². The van der Waals surface area contributed by atoms with Crippen molar-refractivity contribution in [2.24, 2.45) is 5.10 Å². The van der Waals surface area contributed by atoms with Gasteiger partial charge in [-0.25, -0.2) is 5.43 Å². The van der Waals surface area contributed by atoms with Gasteiger partial charge in [0.15, 0.2) is 11.5 Å². The number of nitrogens with one attached hydrogen (secondary N) is 2. The third-order valence-electron chi connectivity index (χ3n) is 6.20. The van der Waals surface area contributed by atoms with E-state index < -0.39 is 0 Å². The fourth-order valence-corrected chi connectivity index (χ4v) is 4.37. The van der Waals surface area contributed by atoms with E-state index in [2.05, 4.69) is 35.7 Å². The first-order valence-electron chi connectivity index (χ1n) is 12.8. The molecule has 200 valence electrons. The summed E-state index contributed by atoms with van der Waals surface area (Å²) in [5.74, 6) is 2.64. The number of hydrazone groups is 1. The van der Waals surface area contributed by atoms with Crippen molar-refractivity contribution < 1.29 is 9.47 Å². The quantitative estimate of drug-likeness (QED) is 0.178. The first kappa shape index (κ1) is 26.2. The van der Waals surface area contributed by atoms with Crippen LogP contribution in [0.3, 0.4) is 0 Å². The minimum Gasteiger partial charge on any atom is -0.493 e. The molecule has 0 bridgehead atoms. The van der Waals surface area contributed by atoms with Crippen LogP contribution in [0.15, 0.2) is 77.9 Å². The van der Waals surface area contributed by atoms with Crippen molar-refractivity contribution in [3.63, 3.8) is 0 Å². The van der Waals surface area contributed by atoms with Crippen molar-refractivity contribution in [3.05, 3.63) is 88.9 Å². The maximum atomic E-state index is 6.24. The number of para-hydroxylation sites is 1. The molecular weight excluding hydrogens is 514 g/mol. The summed E-state index contributed by atoms with van der Waals surface area (Å²) >= 11 is 6.24. The SMILES string of the molecule is COc1cc(/C=N/Nc2nc(Nc3ccccc3)nc(N3CCCCC3)n2)ccc1OCc1ccccc1Cl. The molecule has 1 aromatic heterocycles. The minimum absolute atomic E-state index is 0.336. The second-order valence-electron chi connectivity index (χ2n) is 8.98. The molecule has 0 atom stereocenters. The lowest BCUT2D eigenvalue weighted by Crippen LogP contribution is -2.31. The lowest BCUT2D eigenvalue weighted by atomic mass is 10.1. The molecule has 1 aliphatic heterocycles. The molecule has 4 aromatic rings. The lowest BCUT2D eigenvalue weighted by molar-refractivity contribution is 0.284. The predicted octanol–water partition coefficient (Wildman–Crippen LogP) is 6.29. The highest BCUT2D eigenvalue weighted by Crippen LogP contribution is 2.29. The molecule has 5 rings (SSSR count). The largest absolute Gasteiger partial charge is 0.493 e. The number of ether oxygens (including phenoxy) is 2. The smallest absolute Gasteiger partial charge is 0.250 e. The summed E-state index contributed by atoms with van der Waals surface area (Å²) in [6, 6.07) is 23.0. The molecule has 9 nitrogen and oxygen atoms in total. The number of aromatic nitrogens is 3. The minimum atomic E-state index is 0.336. The van der Waals surface area contributed by atoms with E-state index in [4.69, 9.17) is 21.1 Å². The lowest BCUT2D eigenvalue weighted by Gasteiger charge is -2.26. The average Bonchev–Trinajstić information content (AvgIpc) is 2.98. The van der Waals surface area contributed by atoms with Gasteiger partial charge in [0.2, 0.25) is 17.8 Å². The van der Waals surface area contributed by atoms with Gasteiger partial charge in [0.25, 0.3) is 0 Å². The van der Waals surface area contributed by atoms with Crippen LogP contribution in [-0.4, -0.2) is 41.4 Å². The van der Waals surface area contributed by atoms with Crippen LogP contribution in [0.2, 0.25) is 5.02 Å². The molecule has 2 heterocycles. The maximum absolute atomic E-state index is 6.24. The molecule has 10 heteroatoms. The van der Waals surface area contributed by atoms with Crippen molar-refractivity contribution in [2.45, 2.75) is 25.9 Å². The topological polar surface area (TPSA) is 96.8 Å². The predicted molar refractivity (Wildman–Crippen MR) is 156 cm³/mol. The summed E-state index contributed by atoms with van der Waals surface area (Å²) in [5.41, 5.74) is 5.57. The first-order chi connectivity index (χ1) is 19.2. The molecule has 39 heavy (non-hydrogen) atoms. The van der Waals surface area contributed by atoms with Crippen LogP contribution in [-0.2, 0) is 6.61 Å². The summed E-state index contributed by atoms with van der Waals surface area (Å²) in [5, 5.41) is 8.29. The first-order valence-corrected chi connectivity index (χ1v) is 13.2. The molecule has 1 aliphatic rings. The second kappa shape index (κ2) is 12.9. The Morgan fingerprint density at radius 2 is 1.67 bits per heavy atom. The van der Waals surface area contributed by atoms with Gasteiger partial charge in [-0.05, 0) is 61.2 Å². The van der Waals surface area contributed by atoms with Crippen molar-refractivity contribution in [2.75, 3.05) is 35.8 Å². The normalized spacial score (nSPS) is 13.3. The van der Waals surface area contributed by atoms with Crippen molar-refractivity contribution in [1.29, 1.82) is 0 Å². The van der Waals surface area contributed by atoms with E-state index in [-0.39, 0.29) is 0 Å². The Morgan fingerprint density at radius 1 is 0.897 bits per heavy atom. The van der Waals surface area contributed by atoms with Gasteiger partial charge in [0, 0.05) is 29.4 Å². The molecule has 0 radical (unpaired) electrons. The molecule has 0 unspecified atom stereocenters. The summed E-state index contributed by atoms with van der Waals surface area (Å²) in [6.45, 7) is 2.17. The molecule has 0 aliphatic carbocycles. The van der Waals surface area contributed by atoms with Crippen molar-refractivity contribution in [1.82, 2.24) is 15.0 Å². The highest BCUT2D eigenvalue weighted by molar-refractivity contribution is 6.31. The number of methoxy groups -OCH3 is 1. The van der Waals surface area contributed by atoms with Crippen LogP contribution in [0.1, 0.15) is 30.4 Å². The van der Waals surface area contributed by atoms with E-state index in [0.29, 0.717) is 41.0 Å². The summed E-state index contributed by atoms with van der Waals surface area (Å²) in [6.07, 6.45) is 5.14. The zero-order chi connectivity index (χ0) is 26.9. The highest BCUT2D eigenvalue weighted by atomic mass is 35.5. The number of hydrogen-bond donors (Lipinski definition) is 2. The summed E-state index contributed by atoms with van der Waals surface area (Å²) in [4.78, 5) is 16.0. The number of nitrogens with zero attached hydrogens (tertiary/aromatic N) is 5. The van der Waals surface area contributed by atoms with E-state index in [1.54, 1.807) is 13.3 Å². The maximum Gasteiger partial charge on any atom is 0.250 e. The number of rotatable bonds is 10. The van der Waals surface area contributed by atoms with Crippen LogP contribution in [0.4, 0.5) is 23.5 Å². The standard InChI is InChI=1S/C29H30ClN7O2/c1-38-26-18-21(14-15-25(26)39-20-22-10-6-7-13-24(22)30)19-31-36-28-33-27(32-23-11-4-2-5-12-23)34-29(35-28)37-16-8-3-9-17-37/h2,4-7,10-15,18-19H,3,8-9,16-17,20H2,1H3,(H2,32,33,34,35,36)/b31-19+. The molecule has 1 fully saturated rings. The van der Waals surface area contributed by atoms with Crippen LogP contribution < -0.4 is 25.1 Å². The van der Waals surface area contributed by atoms with Gasteiger partial charge in [-0.15, -0.1) is 0 Å². The molecule has 0 saturated carbocycles. The molecule has 0 amide bonds. The Bertz CT molecular complexity index is 1410. The number of halogens is 1. The summed E-state index contributed by atoms with van der Waals surface area (Å²) in [7, 11) is 1.60. The van der Waals surface area contributed by atoms with Gasteiger partial charge in [0.05, 0.1) is 13.3 Å². The number of anilines is 4. The Labute approximate surface area is 232 Å². The van der Waals surface area contributed by atoms with E-state index in [1.165, 1.54) is 6.42 Å². The molecule has 2 N–H and O–H groups in total. The number of hydrogen-bond acceptors (Lipinski definition) is 9. The van der Waals surface area contributed by atoms with Gasteiger partial charge in [-0.1, -0.05) is 48.0 Å². The zero-order valence-electron chi connectivity index (χ0n) is 21.7. The van der Waals surface area contributed by atoms with Gasteiger partial charge in [-0.2, -0.15) is 20.1 Å². The second-order valence-corrected chi connectivity index (χ2v) is 9.39. The van der Waals surface area contributed by atoms with Crippen LogP contribution in [0, 0.1) is 0 Å². The fraction of sp³-hybridized carbons (Fsp3) is 0.241. The Kier molecular flexibility index (Phi) is 8.70. The fourth-order valence-electron chi connectivity index (χ4n) is 4.18. The molecule has 3 aromatic carbocycles. The number of piperidine rings is 1. The summed E-state index contributed by atoms with van der Waals surface area (Å²) < 4.78 is 11.5. The van der Waals surface area contributed by atoms with Crippen molar-refractivity contribution in [3.8, 4) is 11.5 Å². The highest BCUT2D eigenvalue weighted by Gasteiger charge is 2.16. The van der Waals surface area contributed by atoms with Crippen LogP contribution in [0.25, 0.3) is 0 Å². The monoisotopic (exact) mass is 543 g/mol. The van der Waals surface area contributed by atoms with E-state index in [0.717, 1.165) is 42.7 Å². The Balaban J connectivity index is 1.29. The third kappa shape index (κ3) is 7.14. The molecular formula is C29H30ClN7O2. The van der Waals surface area contributed by atoms with E-state index >= 15 is 0 Å². The van der Waals surface area contributed by atoms with Gasteiger partial charge in [0.1, 0.15) is 6.61 Å². The van der Waals surface area contributed by atoms with Gasteiger partial charge < -0.3 is 19.7 Å². The Morgan fingerprint density at radius 3 is 2.46 bits per heavy atom. The van der Waals surface area contributed by atoms with Crippen molar-refractivity contribution >= 4 is 41.3 Å². The molecule has 1 saturated heterocycles. The Hall–Kier alpha value is -4.37. The zero-order valence-corrected chi connectivity index (χ0v) is 22.4.